The molecule has 0 radical (unpaired) electrons. The molecule has 0 spiro atoms. The largest absolute Gasteiger partial charge is 0.373 e. The van der Waals surface area contributed by atoms with Gasteiger partial charge in [-0.1, -0.05) is 12.7 Å². The van der Waals surface area contributed by atoms with Crippen LogP contribution in [0.4, 0.5) is 5.82 Å². The monoisotopic (exact) mass is 136 g/mol. The number of pyridine rings is 1. The van der Waals surface area contributed by atoms with Crippen molar-refractivity contribution < 1.29 is 1.43 Å². The summed E-state index contributed by atoms with van der Waals surface area (Å²) in [6.45, 7) is 3.66. The van der Waals surface area contributed by atoms with Crippen LogP contribution in [-0.4, -0.2) is 12.0 Å². The third kappa shape index (κ3) is 1.16. The standard InChI is InChI=1S/C8H10N2.H2/c1-3-7-5-4-6-10-8(7)9-2;/h3-6H,1H2,2H3,(H,9,10);1H. The maximum Gasteiger partial charge on any atom is 0.132 e. The van der Waals surface area contributed by atoms with Gasteiger partial charge in [0.1, 0.15) is 5.82 Å². The number of hydrogen-bond acceptors (Lipinski definition) is 2. The van der Waals surface area contributed by atoms with Gasteiger partial charge in [0.15, 0.2) is 0 Å². The van der Waals surface area contributed by atoms with Gasteiger partial charge in [0.05, 0.1) is 0 Å². The molecule has 0 bridgehead atoms. The average molecular weight is 136 g/mol. The normalized spacial score (nSPS) is 8.90. The minimum Gasteiger partial charge on any atom is -0.373 e. The van der Waals surface area contributed by atoms with E-state index in [1.807, 2.05) is 19.2 Å². The van der Waals surface area contributed by atoms with Gasteiger partial charge in [-0.15, -0.1) is 0 Å². The Bertz CT molecular complexity index is 235. The highest BCUT2D eigenvalue weighted by molar-refractivity contribution is 5.60. The number of hydrogen-bond donors (Lipinski definition) is 1. The van der Waals surface area contributed by atoms with Crippen molar-refractivity contribution in [3.8, 4) is 0 Å². The number of anilines is 1. The maximum absolute atomic E-state index is 4.09. The second-order valence-corrected chi connectivity index (χ2v) is 1.90. The molecular weight excluding hydrogens is 124 g/mol. The van der Waals surface area contributed by atoms with E-state index in [0.29, 0.717) is 0 Å². The summed E-state index contributed by atoms with van der Waals surface area (Å²) >= 11 is 0. The molecule has 0 atom stereocenters. The zero-order valence-electron chi connectivity index (χ0n) is 5.96. The van der Waals surface area contributed by atoms with Crippen LogP contribution in [0.15, 0.2) is 24.9 Å². The van der Waals surface area contributed by atoms with E-state index in [0.717, 1.165) is 11.4 Å². The molecule has 0 fully saturated rings. The van der Waals surface area contributed by atoms with Gasteiger partial charge in [-0.25, -0.2) is 4.98 Å². The van der Waals surface area contributed by atoms with Crippen molar-refractivity contribution in [2.24, 2.45) is 0 Å². The van der Waals surface area contributed by atoms with Crippen LogP contribution in [-0.2, 0) is 0 Å². The Balaban J connectivity index is 0.000001000. The lowest BCUT2D eigenvalue weighted by atomic mass is 10.2. The molecule has 1 aromatic heterocycles. The first-order valence-corrected chi connectivity index (χ1v) is 3.13. The lowest BCUT2D eigenvalue weighted by Crippen LogP contribution is -1.93. The summed E-state index contributed by atoms with van der Waals surface area (Å²) in [5.74, 6) is 0.873. The molecule has 2 heteroatoms. The Morgan fingerprint density at radius 2 is 2.60 bits per heavy atom. The van der Waals surface area contributed by atoms with E-state index in [2.05, 4.69) is 16.9 Å². The Hall–Kier alpha value is -1.31. The summed E-state index contributed by atoms with van der Waals surface area (Å²) in [5, 5.41) is 2.96. The number of aromatic nitrogens is 1. The number of nitrogens with zero attached hydrogens (tertiary/aromatic N) is 1. The molecule has 54 valence electrons. The van der Waals surface area contributed by atoms with Crippen LogP contribution in [0.2, 0.25) is 0 Å². The lowest BCUT2D eigenvalue weighted by Gasteiger charge is -2.00. The highest BCUT2D eigenvalue weighted by Crippen LogP contribution is 2.10. The van der Waals surface area contributed by atoms with Crippen molar-refractivity contribution in [3.05, 3.63) is 30.5 Å². The molecule has 0 amide bonds. The van der Waals surface area contributed by atoms with Crippen LogP contribution < -0.4 is 5.32 Å². The van der Waals surface area contributed by atoms with Crippen LogP contribution in [0, 0.1) is 0 Å². The zero-order chi connectivity index (χ0) is 7.40. The molecule has 0 aromatic carbocycles. The smallest absolute Gasteiger partial charge is 0.132 e. The van der Waals surface area contributed by atoms with Crippen molar-refractivity contribution in [3.63, 3.8) is 0 Å². The summed E-state index contributed by atoms with van der Waals surface area (Å²) in [7, 11) is 1.84. The molecule has 10 heavy (non-hydrogen) atoms. The summed E-state index contributed by atoms with van der Waals surface area (Å²) in [5.41, 5.74) is 1.03. The molecule has 0 unspecified atom stereocenters. The summed E-state index contributed by atoms with van der Waals surface area (Å²) < 4.78 is 0. The third-order valence-corrected chi connectivity index (χ3v) is 1.30. The Morgan fingerprint density at radius 1 is 1.80 bits per heavy atom. The fraction of sp³-hybridized carbons (Fsp3) is 0.125. The molecule has 0 aliphatic rings. The van der Waals surface area contributed by atoms with E-state index >= 15 is 0 Å². The van der Waals surface area contributed by atoms with Crippen molar-refractivity contribution in [1.29, 1.82) is 0 Å². The Kier molecular flexibility index (Phi) is 2.05. The van der Waals surface area contributed by atoms with Gasteiger partial charge in [0, 0.05) is 20.2 Å². The predicted molar refractivity (Wildman–Crippen MR) is 46.0 cm³/mol. The highest BCUT2D eigenvalue weighted by atomic mass is 14.9. The molecule has 1 aromatic rings. The maximum atomic E-state index is 4.09. The van der Waals surface area contributed by atoms with E-state index in [9.17, 15) is 0 Å². The zero-order valence-corrected chi connectivity index (χ0v) is 5.96. The minimum absolute atomic E-state index is 0. The van der Waals surface area contributed by atoms with Gasteiger partial charge in [0.2, 0.25) is 0 Å². The van der Waals surface area contributed by atoms with E-state index in [-0.39, 0.29) is 1.43 Å². The summed E-state index contributed by atoms with van der Waals surface area (Å²) in [6, 6.07) is 3.85. The van der Waals surface area contributed by atoms with Crippen molar-refractivity contribution in [2.45, 2.75) is 0 Å². The predicted octanol–water partition coefficient (Wildman–Crippen LogP) is 2.01. The van der Waals surface area contributed by atoms with E-state index in [4.69, 9.17) is 0 Å². The number of nitrogens with one attached hydrogen (secondary N) is 1. The van der Waals surface area contributed by atoms with Gasteiger partial charge in [-0.2, -0.15) is 0 Å². The van der Waals surface area contributed by atoms with E-state index < -0.39 is 0 Å². The lowest BCUT2D eigenvalue weighted by molar-refractivity contribution is 1.28. The van der Waals surface area contributed by atoms with Gasteiger partial charge < -0.3 is 5.32 Å². The molecule has 1 rings (SSSR count). The molecule has 0 saturated heterocycles. The van der Waals surface area contributed by atoms with Gasteiger partial charge in [0.25, 0.3) is 0 Å². The molecule has 1 heterocycles. The topological polar surface area (TPSA) is 24.9 Å². The summed E-state index contributed by atoms with van der Waals surface area (Å²) in [6.07, 6.45) is 3.53. The quantitative estimate of drug-likeness (QED) is 0.672. The molecular formula is C8H12N2. The molecule has 0 saturated carbocycles. The molecule has 0 aliphatic heterocycles. The number of rotatable bonds is 2. The average Bonchev–Trinajstić information content (AvgIpc) is 2.04. The van der Waals surface area contributed by atoms with E-state index in [1.165, 1.54) is 0 Å². The minimum atomic E-state index is 0. The first kappa shape index (κ1) is 6.81. The summed E-state index contributed by atoms with van der Waals surface area (Å²) in [4.78, 5) is 4.09. The fourth-order valence-corrected chi connectivity index (χ4v) is 0.791. The highest BCUT2D eigenvalue weighted by Gasteiger charge is 1.92. The van der Waals surface area contributed by atoms with Gasteiger partial charge in [-0.05, 0) is 12.1 Å². The van der Waals surface area contributed by atoms with Gasteiger partial charge in [-0.3, -0.25) is 0 Å². The van der Waals surface area contributed by atoms with Crippen LogP contribution in [0.5, 0.6) is 0 Å². The third-order valence-electron chi connectivity index (χ3n) is 1.30. The van der Waals surface area contributed by atoms with Crippen LogP contribution in [0.1, 0.15) is 6.99 Å². The first-order valence-electron chi connectivity index (χ1n) is 3.13. The Labute approximate surface area is 62.1 Å². The molecule has 2 nitrogen and oxygen atoms in total. The van der Waals surface area contributed by atoms with Crippen LogP contribution >= 0.6 is 0 Å². The second-order valence-electron chi connectivity index (χ2n) is 1.90. The van der Waals surface area contributed by atoms with E-state index in [1.54, 1.807) is 12.3 Å². The molecule has 1 N–H and O–H groups in total. The van der Waals surface area contributed by atoms with Crippen molar-refractivity contribution in [1.82, 2.24) is 4.98 Å². The molecule has 0 aliphatic carbocycles. The van der Waals surface area contributed by atoms with Crippen molar-refractivity contribution >= 4 is 11.9 Å². The van der Waals surface area contributed by atoms with Gasteiger partial charge >= 0.3 is 0 Å². The van der Waals surface area contributed by atoms with Crippen LogP contribution in [0.25, 0.3) is 6.08 Å². The Morgan fingerprint density at radius 3 is 3.10 bits per heavy atom. The SMILES string of the molecule is C=Cc1cccnc1NC.[HH]. The van der Waals surface area contributed by atoms with Crippen LogP contribution in [0.3, 0.4) is 0 Å². The van der Waals surface area contributed by atoms with Crippen molar-refractivity contribution in [2.75, 3.05) is 12.4 Å². The first-order chi connectivity index (χ1) is 4.88. The second kappa shape index (κ2) is 3.01. The fourth-order valence-electron chi connectivity index (χ4n) is 0.791.